The maximum Gasteiger partial charge on any atom is 0.328 e. The Morgan fingerprint density at radius 2 is 2.33 bits per heavy atom. The second-order valence-electron chi connectivity index (χ2n) is 4.87. The SMILES string of the molecule is COCC1=CCN(c2ccc(F)cc2/C=C/C(=O)O)CC1. The first-order chi connectivity index (χ1) is 10.1. The molecular weight excluding hydrogens is 273 g/mol. The molecule has 0 unspecified atom stereocenters. The van der Waals surface area contributed by atoms with Gasteiger partial charge >= 0.3 is 5.97 Å². The Balaban J connectivity index is 2.22. The number of rotatable bonds is 5. The monoisotopic (exact) mass is 291 g/mol. The van der Waals surface area contributed by atoms with E-state index in [1.165, 1.54) is 23.8 Å². The fraction of sp³-hybridized carbons (Fsp3) is 0.312. The third kappa shape index (κ3) is 4.16. The number of halogens is 1. The molecule has 0 spiro atoms. The summed E-state index contributed by atoms with van der Waals surface area (Å²) in [5.41, 5.74) is 2.65. The number of ether oxygens (including phenoxy) is 1. The van der Waals surface area contributed by atoms with Crippen LogP contribution in [0.1, 0.15) is 12.0 Å². The number of carboxylic acids is 1. The minimum absolute atomic E-state index is 0.378. The highest BCUT2D eigenvalue weighted by molar-refractivity contribution is 5.87. The van der Waals surface area contributed by atoms with E-state index in [0.29, 0.717) is 18.7 Å². The Labute approximate surface area is 123 Å². The molecule has 0 saturated heterocycles. The number of hydrogen-bond acceptors (Lipinski definition) is 3. The van der Waals surface area contributed by atoms with Crippen LogP contribution in [0.3, 0.4) is 0 Å². The van der Waals surface area contributed by atoms with Gasteiger partial charge in [0.1, 0.15) is 5.82 Å². The van der Waals surface area contributed by atoms with Gasteiger partial charge in [0.25, 0.3) is 0 Å². The van der Waals surface area contributed by atoms with Gasteiger partial charge in [-0.2, -0.15) is 0 Å². The van der Waals surface area contributed by atoms with Crippen LogP contribution in [0.15, 0.2) is 35.9 Å². The standard InChI is InChI=1S/C16H18FNO3/c1-21-11-12-6-8-18(9-7-12)15-4-3-14(17)10-13(15)2-5-16(19)20/h2-6,10H,7-9,11H2,1H3,(H,19,20)/b5-2+. The lowest BCUT2D eigenvalue weighted by Gasteiger charge is -2.29. The van der Waals surface area contributed by atoms with Crippen molar-refractivity contribution in [2.24, 2.45) is 0 Å². The van der Waals surface area contributed by atoms with E-state index in [9.17, 15) is 9.18 Å². The molecule has 0 atom stereocenters. The molecule has 0 aliphatic carbocycles. The third-order valence-corrected chi connectivity index (χ3v) is 3.37. The van der Waals surface area contributed by atoms with Gasteiger partial charge in [-0.05, 0) is 36.3 Å². The van der Waals surface area contributed by atoms with Crippen LogP contribution in [0.25, 0.3) is 6.08 Å². The summed E-state index contributed by atoms with van der Waals surface area (Å²) in [4.78, 5) is 12.7. The molecule has 2 rings (SSSR count). The van der Waals surface area contributed by atoms with Crippen LogP contribution in [0.2, 0.25) is 0 Å². The van der Waals surface area contributed by atoms with E-state index >= 15 is 0 Å². The molecule has 0 fully saturated rings. The quantitative estimate of drug-likeness (QED) is 0.669. The molecule has 1 aliphatic heterocycles. The summed E-state index contributed by atoms with van der Waals surface area (Å²) < 4.78 is 18.5. The van der Waals surface area contributed by atoms with Crippen molar-refractivity contribution in [3.8, 4) is 0 Å². The van der Waals surface area contributed by atoms with Gasteiger partial charge in [-0.25, -0.2) is 9.18 Å². The first-order valence-electron chi connectivity index (χ1n) is 6.72. The zero-order chi connectivity index (χ0) is 15.2. The van der Waals surface area contributed by atoms with Gasteiger partial charge in [-0.15, -0.1) is 0 Å². The van der Waals surface area contributed by atoms with Gasteiger partial charge in [-0.1, -0.05) is 6.08 Å². The summed E-state index contributed by atoms with van der Waals surface area (Å²) in [6.07, 6.45) is 5.43. The summed E-state index contributed by atoms with van der Waals surface area (Å²) in [6, 6.07) is 4.43. The molecule has 1 aromatic carbocycles. The van der Waals surface area contributed by atoms with E-state index in [1.807, 2.05) is 0 Å². The summed E-state index contributed by atoms with van der Waals surface area (Å²) in [5.74, 6) is -1.43. The van der Waals surface area contributed by atoms with E-state index in [0.717, 1.165) is 24.7 Å². The Kier molecular flexibility index (Phi) is 5.11. The van der Waals surface area contributed by atoms with Gasteiger partial charge in [0.05, 0.1) is 6.61 Å². The molecule has 0 bridgehead atoms. The molecule has 1 aliphatic rings. The molecule has 112 valence electrons. The van der Waals surface area contributed by atoms with Gasteiger partial charge in [-0.3, -0.25) is 0 Å². The van der Waals surface area contributed by atoms with Gasteiger partial charge in [0, 0.05) is 37.5 Å². The van der Waals surface area contributed by atoms with Gasteiger partial charge in [0.2, 0.25) is 0 Å². The zero-order valence-electron chi connectivity index (χ0n) is 11.9. The number of hydrogen-bond donors (Lipinski definition) is 1. The van der Waals surface area contributed by atoms with Crippen LogP contribution in [0.4, 0.5) is 10.1 Å². The first-order valence-corrected chi connectivity index (χ1v) is 6.72. The highest BCUT2D eigenvalue weighted by Gasteiger charge is 2.15. The van der Waals surface area contributed by atoms with Crippen molar-refractivity contribution in [2.45, 2.75) is 6.42 Å². The van der Waals surface area contributed by atoms with Crippen molar-refractivity contribution in [1.29, 1.82) is 0 Å². The number of carbonyl (C=O) groups is 1. The molecule has 0 radical (unpaired) electrons. The highest BCUT2D eigenvalue weighted by Crippen LogP contribution is 2.26. The summed E-state index contributed by atoms with van der Waals surface area (Å²) >= 11 is 0. The lowest BCUT2D eigenvalue weighted by atomic mass is 10.1. The van der Waals surface area contributed by atoms with Crippen LogP contribution in [-0.2, 0) is 9.53 Å². The lowest BCUT2D eigenvalue weighted by Crippen LogP contribution is -2.29. The average molecular weight is 291 g/mol. The normalized spacial score (nSPS) is 15.3. The highest BCUT2D eigenvalue weighted by atomic mass is 19.1. The summed E-state index contributed by atoms with van der Waals surface area (Å²) in [5, 5.41) is 8.72. The van der Waals surface area contributed by atoms with Crippen LogP contribution >= 0.6 is 0 Å². The maximum atomic E-state index is 13.4. The van der Waals surface area contributed by atoms with Crippen LogP contribution in [0.5, 0.6) is 0 Å². The predicted octanol–water partition coefficient (Wildman–Crippen LogP) is 2.71. The second kappa shape index (κ2) is 7.04. The van der Waals surface area contributed by atoms with Gasteiger partial charge < -0.3 is 14.7 Å². The molecule has 0 saturated carbocycles. The fourth-order valence-electron chi connectivity index (χ4n) is 2.35. The predicted molar refractivity (Wildman–Crippen MR) is 79.9 cm³/mol. The number of nitrogens with zero attached hydrogens (tertiary/aromatic N) is 1. The van der Waals surface area contributed by atoms with E-state index in [1.54, 1.807) is 13.2 Å². The smallest absolute Gasteiger partial charge is 0.328 e. The van der Waals surface area contributed by atoms with Crippen molar-refractivity contribution in [2.75, 3.05) is 31.7 Å². The Morgan fingerprint density at radius 3 is 2.95 bits per heavy atom. The molecule has 21 heavy (non-hydrogen) atoms. The minimum Gasteiger partial charge on any atom is -0.478 e. The number of methoxy groups -OCH3 is 1. The van der Waals surface area contributed by atoms with Gasteiger partial charge in [0.15, 0.2) is 0 Å². The zero-order valence-corrected chi connectivity index (χ0v) is 11.9. The molecule has 0 aromatic heterocycles. The first kappa shape index (κ1) is 15.3. The van der Waals surface area contributed by atoms with Crippen LogP contribution < -0.4 is 4.90 Å². The number of aliphatic carboxylic acids is 1. The van der Waals surface area contributed by atoms with Crippen molar-refractivity contribution in [3.05, 3.63) is 47.3 Å². The Morgan fingerprint density at radius 1 is 1.52 bits per heavy atom. The number of anilines is 1. The Bertz CT molecular complexity index is 581. The maximum absolute atomic E-state index is 13.4. The van der Waals surface area contributed by atoms with E-state index < -0.39 is 5.97 Å². The molecule has 1 N–H and O–H groups in total. The topological polar surface area (TPSA) is 49.8 Å². The third-order valence-electron chi connectivity index (χ3n) is 3.37. The van der Waals surface area contributed by atoms with Crippen LogP contribution in [0, 0.1) is 5.82 Å². The molecule has 4 nitrogen and oxygen atoms in total. The fourth-order valence-corrected chi connectivity index (χ4v) is 2.35. The summed E-state index contributed by atoms with van der Waals surface area (Å²) in [7, 11) is 1.67. The van der Waals surface area contributed by atoms with Crippen molar-refractivity contribution >= 4 is 17.7 Å². The largest absolute Gasteiger partial charge is 0.478 e. The number of benzene rings is 1. The second-order valence-corrected chi connectivity index (χ2v) is 4.87. The van der Waals surface area contributed by atoms with Crippen LogP contribution in [-0.4, -0.2) is 37.9 Å². The van der Waals surface area contributed by atoms with E-state index in [-0.39, 0.29) is 5.82 Å². The minimum atomic E-state index is -1.05. The number of carboxylic acid groups (broad SMARTS) is 1. The molecule has 5 heteroatoms. The lowest BCUT2D eigenvalue weighted by molar-refractivity contribution is -0.131. The molecular formula is C16H18FNO3. The summed E-state index contributed by atoms with van der Waals surface area (Å²) in [6.45, 7) is 2.13. The Hall–Kier alpha value is -2.14. The molecule has 0 amide bonds. The average Bonchev–Trinajstić information content (AvgIpc) is 2.46. The van der Waals surface area contributed by atoms with E-state index in [4.69, 9.17) is 9.84 Å². The van der Waals surface area contributed by atoms with Crippen molar-refractivity contribution in [3.63, 3.8) is 0 Å². The van der Waals surface area contributed by atoms with E-state index in [2.05, 4.69) is 11.0 Å². The molecule has 1 heterocycles. The van der Waals surface area contributed by atoms with Crippen molar-refractivity contribution in [1.82, 2.24) is 0 Å². The molecule has 1 aromatic rings. The van der Waals surface area contributed by atoms with Crippen molar-refractivity contribution < 1.29 is 19.0 Å².